The molecule has 136 valence electrons. The molecule has 2 aromatic rings. The Morgan fingerprint density at radius 2 is 2.15 bits per heavy atom. The molecule has 0 bridgehead atoms. The molecule has 0 radical (unpaired) electrons. The summed E-state index contributed by atoms with van der Waals surface area (Å²) in [5, 5.41) is 12.8. The van der Waals surface area contributed by atoms with Crippen LogP contribution in [0.25, 0.3) is 11.3 Å². The van der Waals surface area contributed by atoms with E-state index in [0.717, 1.165) is 28.6 Å². The third kappa shape index (κ3) is 3.34. The predicted octanol–water partition coefficient (Wildman–Crippen LogP) is 5.15. The fourth-order valence-electron chi connectivity index (χ4n) is 3.71. The molecule has 7 heteroatoms. The van der Waals surface area contributed by atoms with Gasteiger partial charge in [0, 0.05) is 21.6 Å². The Balaban J connectivity index is 1.79. The van der Waals surface area contributed by atoms with Crippen molar-refractivity contribution in [2.45, 2.75) is 38.1 Å². The maximum atomic E-state index is 6.38. The molecule has 0 fully saturated rings. The molecule has 1 N–H and O–H groups in total. The fourth-order valence-corrected chi connectivity index (χ4v) is 4.36. The molecule has 3 atom stereocenters. The van der Waals surface area contributed by atoms with Gasteiger partial charge in [-0.1, -0.05) is 46.3 Å². The normalized spacial score (nSPS) is 24.5. The lowest BCUT2D eigenvalue weighted by atomic mass is 9.80. The number of allylic oxidation sites excluding steroid dienone is 2. The molecule has 5 nitrogen and oxygen atoms in total. The monoisotopic (exact) mass is 432 g/mol. The summed E-state index contributed by atoms with van der Waals surface area (Å²) in [6.07, 6.45) is 6.22. The zero-order valence-electron chi connectivity index (χ0n) is 15.0. The third-order valence-corrected chi connectivity index (χ3v) is 6.12. The lowest BCUT2D eigenvalue weighted by molar-refractivity contribution is 0.114. The van der Waals surface area contributed by atoms with Crippen molar-refractivity contribution in [3.8, 4) is 17.1 Å². The molecule has 2 aliphatic rings. The molecule has 4 rings (SSSR count). The average molecular weight is 433 g/mol. The van der Waals surface area contributed by atoms with Crippen LogP contribution in [-0.2, 0) is 0 Å². The van der Waals surface area contributed by atoms with Crippen LogP contribution in [0.1, 0.15) is 26.7 Å². The van der Waals surface area contributed by atoms with E-state index in [4.69, 9.17) is 4.74 Å². The van der Waals surface area contributed by atoms with E-state index in [-0.39, 0.29) is 6.23 Å². The summed E-state index contributed by atoms with van der Waals surface area (Å²) < 4.78 is 7.37. The summed E-state index contributed by atoms with van der Waals surface area (Å²) in [7, 11) is 0. The van der Waals surface area contributed by atoms with Crippen molar-refractivity contribution in [3.05, 3.63) is 34.3 Å². The van der Waals surface area contributed by atoms with Crippen molar-refractivity contribution in [2.24, 2.45) is 11.8 Å². The van der Waals surface area contributed by atoms with E-state index in [2.05, 4.69) is 62.4 Å². The van der Waals surface area contributed by atoms with Crippen LogP contribution in [0.3, 0.4) is 0 Å². The summed E-state index contributed by atoms with van der Waals surface area (Å²) in [4.78, 5) is 4.60. The minimum absolute atomic E-state index is 0.151. The molecule has 1 aromatic heterocycles. The lowest BCUT2D eigenvalue weighted by Gasteiger charge is -2.34. The molecule has 0 saturated carbocycles. The standard InChI is InChI=1S/C19H21BrN4OS/c1-10-4-6-13(11(2)8-10)17-21-15-7-5-12(20)9-14(15)16-18(25-17)22-19(26-3)24-23-16/h4-5,7,9,11,13,17,21H,6,8H2,1-3H3/t11-,13+,17-/m1/s1. The number of anilines is 1. The number of rotatable bonds is 2. The quantitative estimate of drug-likeness (QED) is 0.523. The molecule has 1 aromatic carbocycles. The number of thioether (sulfide) groups is 1. The zero-order chi connectivity index (χ0) is 18.3. The number of hydrogen-bond donors (Lipinski definition) is 1. The third-order valence-electron chi connectivity index (χ3n) is 5.09. The second-order valence-corrected chi connectivity index (χ2v) is 8.65. The van der Waals surface area contributed by atoms with Crippen molar-refractivity contribution in [1.29, 1.82) is 0 Å². The molecule has 26 heavy (non-hydrogen) atoms. The Labute approximate surface area is 166 Å². The second-order valence-electron chi connectivity index (χ2n) is 6.96. The van der Waals surface area contributed by atoms with Gasteiger partial charge in [0.2, 0.25) is 11.0 Å². The van der Waals surface area contributed by atoms with Gasteiger partial charge in [-0.3, -0.25) is 0 Å². The van der Waals surface area contributed by atoms with Gasteiger partial charge >= 0.3 is 0 Å². The van der Waals surface area contributed by atoms with E-state index in [9.17, 15) is 0 Å². The summed E-state index contributed by atoms with van der Waals surface area (Å²) in [5.74, 6) is 1.46. The smallest absolute Gasteiger partial charge is 0.247 e. The van der Waals surface area contributed by atoms with Gasteiger partial charge in [-0.25, -0.2) is 0 Å². The number of nitrogens with one attached hydrogen (secondary N) is 1. The number of nitrogens with zero attached hydrogens (tertiary/aromatic N) is 3. The molecule has 0 spiro atoms. The Morgan fingerprint density at radius 3 is 2.92 bits per heavy atom. The highest BCUT2D eigenvalue weighted by molar-refractivity contribution is 9.10. The Morgan fingerprint density at radius 1 is 1.31 bits per heavy atom. The number of fused-ring (bicyclic) bond motifs is 3. The largest absolute Gasteiger partial charge is 0.452 e. The highest BCUT2D eigenvalue weighted by atomic mass is 79.9. The van der Waals surface area contributed by atoms with Gasteiger partial charge < -0.3 is 10.1 Å². The van der Waals surface area contributed by atoms with Gasteiger partial charge in [-0.2, -0.15) is 4.98 Å². The van der Waals surface area contributed by atoms with E-state index >= 15 is 0 Å². The van der Waals surface area contributed by atoms with Crippen LogP contribution in [0, 0.1) is 11.8 Å². The Bertz CT molecular complexity index is 873. The molecule has 2 heterocycles. The van der Waals surface area contributed by atoms with Crippen LogP contribution in [0.2, 0.25) is 0 Å². The zero-order valence-corrected chi connectivity index (χ0v) is 17.4. The summed E-state index contributed by atoms with van der Waals surface area (Å²) in [6.45, 7) is 4.50. The van der Waals surface area contributed by atoms with Gasteiger partial charge in [0.05, 0.1) is 0 Å². The van der Waals surface area contributed by atoms with Gasteiger partial charge in [0.25, 0.3) is 0 Å². The SMILES string of the molecule is CSc1nnc2c(n1)O[C@H]([C@H]1CC=C(C)C[C@H]1C)Nc1ccc(Br)cc1-2. The average Bonchev–Trinajstić information content (AvgIpc) is 2.77. The molecule has 1 aliphatic carbocycles. The Kier molecular flexibility index (Phi) is 4.92. The van der Waals surface area contributed by atoms with Crippen molar-refractivity contribution in [3.63, 3.8) is 0 Å². The molecule has 0 saturated heterocycles. The van der Waals surface area contributed by atoms with Gasteiger partial charge in [-0.15, -0.1) is 10.2 Å². The van der Waals surface area contributed by atoms with E-state index in [0.29, 0.717) is 28.6 Å². The van der Waals surface area contributed by atoms with Gasteiger partial charge in [0.15, 0.2) is 11.9 Å². The highest BCUT2D eigenvalue weighted by Crippen LogP contribution is 2.41. The Hall–Kier alpha value is -1.60. The van der Waals surface area contributed by atoms with E-state index in [1.165, 1.54) is 17.3 Å². The van der Waals surface area contributed by atoms with Crippen LogP contribution in [0.4, 0.5) is 5.69 Å². The molecule has 0 unspecified atom stereocenters. The molecular formula is C19H21BrN4OS. The maximum absolute atomic E-state index is 6.38. The van der Waals surface area contributed by atoms with Gasteiger partial charge in [0.1, 0.15) is 0 Å². The minimum atomic E-state index is -0.151. The number of ether oxygens (including phenoxy) is 1. The molecule has 1 aliphatic heterocycles. The van der Waals surface area contributed by atoms with Crippen molar-refractivity contribution in [2.75, 3.05) is 11.6 Å². The second kappa shape index (κ2) is 7.19. The first kappa shape index (κ1) is 17.8. The number of hydrogen-bond acceptors (Lipinski definition) is 6. The number of halogens is 1. The fraction of sp³-hybridized carbons (Fsp3) is 0.421. The topological polar surface area (TPSA) is 59.9 Å². The van der Waals surface area contributed by atoms with Crippen LogP contribution >= 0.6 is 27.7 Å². The van der Waals surface area contributed by atoms with E-state index < -0.39 is 0 Å². The summed E-state index contributed by atoms with van der Waals surface area (Å²) >= 11 is 5.02. The van der Waals surface area contributed by atoms with E-state index in [1.54, 1.807) is 0 Å². The first-order valence-electron chi connectivity index (χ1n) is 8.72. The first-order chi connectivity index (χ1) is 12.5. The van der Waals surface area contributed by atoms with Gasteiger partial charge in [-0.05, 0) is 50.1 Å². The highest BCUT2D eigenvalue weighted by Gasteiger charge is 2.34. The summed E-state index contributed by atoms with van der Waals surface area (Å²) in [5.41, 5.74) is 4.10. The van der Waals surface area contributed by atoms with Crippen LogP contribution < -0.4 is 10.1 Å². The minimum Gasteiger partial charge on any atom is -0.452 e. The number of aromatic nitrogens is 3. The van der Waals surface area contributed by atoms with Crippen molar-refractivity contribution in [1.82, 2.24) is 15.2 Å². The van der Waals surface area contributed by atoms with Crippen LogP contribution in [0.5, 0.6) is 5.88 Å². The predicted molar refractivity (Wildman–Crippen MR) is 108 cm³/mol. The van der Waals surface area contributed by atoms with Crippen LogP contribution in [-0.4, -0.2) is 27.7 Å². The lowest BCUT2D eigenvalue weighted by Crippen LogP contribution is -2.39. The summed E-state index contributed by atoms with van der Waals surface area (Å²) in [6, 6.07) is 6.12. The number of benzene rings is 1. The van der Waals surface area contributed by atoms with Crippen molar-refractivity contribution >= 4 is 33.4 Å². The molecule has 0 amide bonds. The van der Waals surface area contributed by atoms with E-state index in [1.807, 2.05) is 18.4 Å². The van der Waals surface area contributed by atoms with Crippen LogP contribution in [0.15, 0.2) is 39.5 Å². The molecular weight excluding hydrogens is 412 g/mol. The van der Waals surface area contributed by atoms with Crippen molar-refractivity contribution < 1.29 is 4.74 Å². The maximum Gasteiger partial charge on any atom is 0.247 e. The first-order valence-corrected chi connectivity index (χ1v) is 10.7.